The van der Waals surface area contributed by atoms with Gasteiger partial charge in [-0.1, -0.05) is 176 Å². The maximum Gasteiger partial charge on any atom is 0.0546 e. The van der Waals surface area contributed by atoms with Crippen LogP contribution in [0.25, 0.3) is 72.0 Å². The minimum absolute atomic E-state index is 1.07. The molecule has 0 atom stereocenters. The first kappa shape index (κ1) is 33.2. The summed E-state index contributed by atoms with van der Waals surface area (Å²) in [4.78, 5) is 2.44. The number of aromatic nitrogens is 1. The molecule has 0 spiro atoms. The molecule has 0 unspecified atom stereocenters. The Morgan fingerprint density at radius 3 is 1.43 bits per heavy atom. The van der Waals surface area contributed by atoms with Crippen LogP contribution in [-0.2, 0) is 0 Å². The van der Waals surface area contributed by atoms with Crippen LogP contribution >= 0.6 is 0 Å². The number of nitrogens with zero attached hydrogens (tertiary/aromatic N) is 2. The fourth-order valence-corrected chi connectivity index (χ4v) is 8.27. The summed E-state index contributed by atoms with van der Waals surface area (Å²) in [6.07, 6.45) is 0. The standard InChI is InChI=1S/C54H38N2/c1-4-18-39(19-5-1)42-24-16-25-45(38-42)55(43-34-36-44(37-35-43)56-51-31-14-12-27-48(51)49-28-13-15-32-52(49)56)53-33-17-30-47(41-22-8-3-9-23-41)54(53)50-29-11-10-26-46(50)40-20-6-2-7-21-40/h1-38H. The van der Waals surface area contributed by atoms with Gasteiger partial charge >= 0.3 is 0 Å². The lowest BCUT2D eigenvalue weighted by atomic mass is 9.87. The van der Waals surface area contributed by atoms with E-state index in [-0.39, 0.29) is 0 Å². The van der Waals surface area contributed by atoms with Crippen molar-refractivity contribution in [3.05, 3.63) is 231 Å². The summed E-state index contributed by atoms with van der Waals surface area (Å²) in [5, 5.41) is 2.51. The smallest absolute Gasteiger partial charge is 0.0546 e. The second-order valence-corrected chi connectivity index (χ2v) is 14.1. The molecule has 1 heterocycles. The van der Waals surface area contributed by atoms with Gasteiger partial charge in [-0.15, -0.1) is 0 Å². The van der Waals surface area contributed by atoms with Gasteiger partial charge < -0.3 is 9.47 Å². The maximum atomic E-state index is 2.44. The van der Waals surface area contributed by atoms with E-state index < -0.39 is 0 Å². The van der Waals surface area contributed by atoms with E-state index in [1.807, 2.05) is 0 Å². The summed E-state index contributed by atoms with van der Waals surface area (Å²) in [5.41, 5.74) is 16.2. The quantitative estimate of drug-likeness (QED) is 0.152. The van der Waals surface area contributed by atoms with Crippen LogP contribution in [0.3, 0.4) is 0 Å². The molecular formula is C54H38N2. The molecule has 10 rings (SSSR count). The van der Waals surface area contributed by atoms with Gasteiger partial charge in [0.05, 0.1) is 16.7 Å². The van der Waals surface area contributed by atoms with Crippen LogP contribution in [0.1, 0.15) is 0 Å². The Balaban J connectivity index is 1.23. The zero-order chi connectivity index (χ0) is 37.3. The van der Waals surface area contributed by atoms with Crippen molar-refractivity contribution in [3.8, 4) is 50.2 Å². The molecule has 0 aliphatic heterocycles. The molecule has 10 aromatic rings. The average molecular weight is 715 g/mol. The molecule has 0 saturated heterocycles. The molecular weight excluding hydrogens is 677 g/mol. The number of benzene rings is 9. The van der Waals surface area contributed by atoms with E-state index in [4.69, 9.17) is 0 Å². The van der Waals surface area contributed by atoms with E-state index in [2.05, 4.69) is 240 Å². The van der Waals surface area contributed by atoms with Crippen LogP contribution in [0.4, 0.5) is 17.1 Å². The first-order valence-corrected chi connectivity index (χ1v) is 19.2. The van der Waals surface area contributed by atoms with Crippen molar-refractivity contribution in [2.75, 3.05) is 4.90 Å². The van der Waals surface area contributed by atoms with Gasteiger partial charge in [0.1, 0.15) is 0 Å². The van der Waals surface area contributed by atoms with Gasteiger partial charge in [-0.25, -0.2) is 0 Å². The highest BCUT2D eigenvalue weighted by Gasteiger charge is 2.23. The third-order valence-electron chi connectivity index (χ3n) is 10.8. The van der Waals surface area contributed by atoms with Crippen LogP contribution in [0.15, 0.2) is 231 Å². The van der Waals surface area contributed by atoms with Crippen LogP contribution in [-0.4, -0.2) is 4.57 Å². The molecule has 0 fully saturated rings. The van der Waals surface area contributed by atoms with E-state index >= 15 is 0 Å². The van der Waals surface area contributed by atoms with Crippen molar-refractivity contribution >= 4 is 38.9 Å². The molecule has 0 radical (unpaired) electrons. The number of hydrogen-bond donors (Lipinski definition) is 0. The highest BCUT2D eigenvalue weighted by atomic mass is 15.1. The molecule has 0 aliphatic rings. The van der Waals surface area contributed by atoms with Crippen LogP contribution in [0, 0.1) is 0 Å². The van der Waals surface area contributed by atoms with Gasteiger partial charge in [-0.2, -0.15) is 0 Å². The van der Waals surface area contributed by atoms with Crippen molar-refractivity contribution < 1.29 is 0 Å². The number of rotatable bonds is 8. The lowest BCUT2D eigenvalue weighted by Crippen LogP contribution is -2.12. The molecule has 56 heavy (non-hydrogen) atoms. The SMILES string of the molecule is c1ccc(-c2cccc(N(c3ccc(-n4c5ccccc5c5ccccc54)cc3)c3cccc(-c4ccccc4)c3-c3ccccc3-c3ccccc3)c2)cc1. The summed E-state index contributed by atoms with van der Waals surface area (Å²) in [6, 6.07) is 83.1. The van der Waals surface area contributed by atoms with E-state index in [0.29, 0.717) is 0 Å². The molecule has 1 aromatic heterocycles. The maximum absolute atomic E-state index is 2.44. The second kappa shape index (κ2) is 14.4. The zero-order valence-electron chi connectivity index (χ0n) is 30.8. The highest BCUT2D eigenvalue weighted by Crippen LogP contribution is 2.48. The van der Waals surface area contributed by atoms with Gasteiger partial charge in [0.15, 0.2) is 0 Å². The van der Waals surface area contributed by atoms with Crippen LogP contribution in [0.2, 0.25) is 0 Å². The minimum atomic E-state index is 1.07. The lowest BCUT2D eigenvalue weighted by Gasteiger charge is -2.30. The molecule has 9 aromatic carbocycles. The lowest BCUT2D eigenvalue weighted by molar-refractivity contribution is 1.17. The Kier molecular flexibility index (Phi) is 8.55. The second-order valence-electron chi connectivity index (χ2n) is 14.1. The molecule has 0 aliphatic carbocycles. The van der Waals surface area contributed by atoms with Gasteiger partial charge in [0.2, 0.25) is 0 Å². The fourth-order valence-electron chi connectivity index (χ4n) is 8.27. The summed E-state index contributed by atoms with van der Waals surface area (Å²) in [5.74, 6) is 0. The van der Waals surface area contributed by atoms with Crippen molar-refractivity contribution in [2.24, 2.45) is 0 Å². The Morgan fingerprint density at radius 2 is 0.786 bits per heavy atom. The van der Waals surface area contributed by atoms with Crippen LogP contribution in [0.5, 0.6) is 0 Å². The minimum Gasteiger partial charge on any atom is -0.310 e. The van der Waals surface area contributed by atoms with Crippen molar-refractivity contribution in [1.29, 1.82) is 0 Å². The predicted octanol–water partition coefficient (Wildman–Crippen LogP) is 14.9. The molecule has 264 valence electrons. The van der Waals surface area contributed by atoms with Gasteiger partial charge in [-0.05, 0) is 93.5 Å². The van der Waals surface area contributed by atoms with Crippen molar-refractivity contribution in [2.45, 2.75) is 0 Å². The van der Waals surface area contributed by atoms with E-state index in [9.17, 15) is 0 Å². The van der Waals surface area contributed by atoms with Crippen molar-refractivity contribution in [3.63, 3.8) is 0 Å². The Bertz CT molecular complexity index is 2890. The topological polar surface area (TPSA) is 8.17 Å². The van der Waals surface area contributed by atoms with Crippen molar-refractivity contribution in [1.82, 2.24) is 4.57 Å². The van der Waals surface area contributed by atoms with Gasteiger partial charge in [0, 0.05) is 33.4 Å². The third kappa shape index (κ3) is 5.95. The molecule has 0 bridgehead atoms. The number of fused-ring (bicyclic) bond motifs is 3. The summed E-state index contributed by atoms with van der Waals surface area (Å²) in [6.45, 7) is 0. The zero-order valence-corrected chi connectivity index (χ0v) is 30.8. The Labute approximate surface area is 327 Å². The van der Waals surface area contributed by atoms with E-state index in [0.717, 1.165) is 22.7 Å². The number of para-hydroxylation sites is 2. The van der Waals surface area contributed by atoms with Gasteiger partial charge in [0.25, 0.3) is 0 Å². The fraction of sp³-hybridized carbons (Fsp3) is 0. The monoisotopic (exact) mass is 714 g/mol. The summed E-state index contributed by atoms with van der Waals surface area (Å²) >= 11 is 0. The first-order valence-electron chi connectivity index (χ1n) is 19.2. The van der Waals surface area contributed by atoms with E-state index in [1.165, 1.54) is 66.3 Å². The molecule has 0 amide bonds. The Morgan fingerprint density at radius 1 is 0.304 bits per heavy atom. The molecule has 0 N–H and O–H groups in total. The average Bonchev–Trinajstić information content (AvgIpc) is 3.62. The number of anilines is 3. The summed E-state index contributed by atoms with van der Waals surface area (Å²) < 4.78 is 2.38. The largest absolute Gasteiger partial charge is 0.310 e. The normalized spacial score (nSPS) is 11.2. The summed E-state index contributed by atoms with van der Waals surface area (Å²) in [7, 11) is 0. The van der Waals surface area contributed by atoms with E-state index in [1.54, 1.807) is 0 Å². The Hall–Kier alpha value is -7.42. The first-order chi connectivity index (χ1) is 27.8. The van der Waals surface area contributed by atoms with Gasteiger partial charge in [-0.3, -0.25) is 0 Å². The number of hydrogen-bond acceptors (Lipinski definition) is 1. The highest BCUT2D eigenvalue weighted by molar-refractivity contribution is 6.09. The molecule has 2 nitrogen and oxygen atoms in total. The third-order valence-corrected chi connectivity index (χ3v) is 10.8. The molecule has 2 heteroatoms. The van der Waals surface area contributed by atoms with Crippen LogP contribution < -0.4 is 4.90 Å². The predicted molar refractivity (Wildman–Crippen MR) is 237 cm³/mol. The molecule has 0 saturated carbocycles.